The summed E-state index contributed by atoms with van der Waals surface area (Å²) in [6, 6.07) is 8.07. The fourth-order valence-electron chi connectivity index (χ4n) is 3.81. The molecular formula is C23H33NO3. The van der Waals surface area contributed by atoms with Crippen molar-refractivity contribution in [3.63, 3.8) is 0 Å². The van der Waals surface area contributed by atoms with E-state index in [4.69, 9.17) is 4.74 Å². The van der Waals surface area contributed by atoms with Crippen LogP contribution in [0.1, 0.15) is 70.8 Å². The number of para-hydroxylation sites is 1. The molecule has 0 radical (unpaired) electrons. The van der Waals surface area contributed by atoms with Crippen LogP contribution in [0.5, 0.6) is 0 Å². The molecule has 1 aromatic rings. The summed E-state index contributed by atoms with van der Waals surface area (Å²) in [4.78, 5) is 26.0. The molecule has 27 heavy (non-hydrogen) atoms. The molecule has 1 aliphatic rings. The quantitative estimate of drug-likeness (QED) is 0.321. The molecule has 1 aliphatic heterocycles. The first-order chi connectivity index (χ1) is 12.9. The Kier molecular flexibility index (Phi) is 8.08. The number of anilines is 1. The van der Waals surface area contributed by atoms with E-state index in [1.54, 1.807) is 0 Å². The van der Waals surface area contributed by atoms with Crippen molar-refractivity contribution in [2.45, 2.75) is 65.2 Å². The number of unbranched alkanes of at least 4 members (excludes halogenated alkanes) is 2. The van der Waals surface area contributed by atoms with Crippen molar-refractivity contribution in [3.8, 4) is 0 Å². The molecule has 0 N–H and O–H groups in total. The molecule has 0 fully saturated rings. The van der Waals surface area contributed by atoms with Crippen LogP contribution in [0.25, 0.3) is 0 Å². The maximum atomic E-state index is 13.1. The summed E-state index contributed by atoms with van der Waals surface area (Å²) in [5, 5.41) is 0. The molecule has 2 atom stereocenters. The van der Waals surface area contributed by atoms with E-state index in [1.807, 2.05) is 30.0 Å². The van der Waals surface area contributed by atoms with Crippen LogP contribution in [-0.4, -0.2) is 25.0 Å². The van der Waals surface area contributed by atoms with E-state index < -0.39 is 0 Å². The first-order valence-corrected chi connectivity index (χ1v) is 10.1. The SMILES string of the molecule is C=C(CCCCC)C[C@H](C)C(=O)N1C[C@@H](CCOC(C)=O)c2ccccc21. The Labute approximate surface area is 163 Å². The summed E-state index contributed by atoms with van der Waals surface area (Å²) in [5.41, 5.74) is 3.34. The average Bonchev–Trinajstić information content (AvgIpc) is 3.00. The normalized spacial score (nSPS) is 16.7. The highest BCUT2D eigenvalue weighted by molar-refractivity contribution is 5.97. The highest BCUT2D eigenvalue weighted by atomic mass is 16.5. The minimum absolute atomic E-state index is 0.0700. The second kappa shape index (κ2) is 10.3. The number of carbonyl (C=O) groups is 2. The van der Waals surface area contributed by atoms with Crippen molar-refractivity contribution in [3.05, 3.63) is 42.0 Å². The van der Waals surface area contributed by atoms with Gasteiger partial charge in [-0.15, -0.1) is 0 Å². The molecular weight excluding hydrogens is 338 g/mol. The van der Waals surface area contributed by atoms with E-state index in [0.717, 1.165) is 31.4 Å². The molecule has 4 heteroatoms. The molecule has 0 unspecified atom stereocenters. The molecule has 1 heterocycles. The van der Waals surface area contributed by atoms with Gasteiger partial charge in [0.25, 0.3) is 0 Å². The van der Waals surface area contributed by atoms with Gasteiger partial charge in [0.1, 0.15) is 0 Å². The molecule has 0 aromatic heterocycles. The number of fused-ring (bicyclic) bond motifs is 1. The lowest BCUT2D eigenvalue weighted by Gasteiger charge is -2.23. The molecule has 2 rings (SSSR count). The van der Waals surface area contributed by atoms with Gasteiger partial charge in [-0.3, -0.25) is 9.59 Å². The molecule has 1 aromatic carbocycles. The van der Waals surface area contributed by atoms with Crippen molar-refractivity contribution < 1.29 is 14.3 Å². The zero-order valence-corrected chi connectivity index (χ0v) is 17.0. The number of carbonyl (C=O) groups excluding carboxylic acids is 2. The second-order valence-corrected chi connectivity index (χ2v) is 7.65. The number of allylic oxidation sites excluding steroid dienone is 1. The van der Waals surface area contributed by atoms with Crippen LogP contribution in [0.4, 0.5) is 5.69 Å². The minimum atomic E-state index is -0.260. The lowest BCUT2D eigenvalue weighted by molar-refractivity contribution is -0.141. The smallest absolute Gasteiger partial charge is 0.302 e. The highest BCUT2D eigenvalue weighted by Crippen LogP contribution is 2.39. The summed E-state index contributed by atoms with van der Waals surface area (Å²) in [5.74, 6) is 0.0438. The van der Waals surface area contributed by atoms with Crippen LogP contribution in [-0.2, 0) is 14.3 Å². The van der Waals surface area contributed by atoms with Gasteiger partial charge in [-0.25, -0.2) is 0 Å². The van der Waals surface area contributed by atoms with Crippen LogP contribution in [0.15, 0.2) is 36.4 Å². The summed E-state index contributed by atoms with van der Waals surface area (Å²) in [6.07, 6.45) is 6.05. The molecule has 148 valence electrons. The largest absolute Gasteiger partial charge is 0.466 e. The number of hydrogen-bond acceptors (Lipinski definition) is 3. The Bertz CT molecular complexity index is 667. The third-order valence-electron chi connectivity index (χ3n) is 5.26. The number of hydrogen-bond donors (Lipinski definition) is 0. The van der Waals surface area contributed by atoms with Gasteiger partial charge in [-0.2, -0.15) is 0 Å². The molecule has 0 bridgehead atoms. The van der Waals surface area contributed by atoms with E-state index in [1.165, 1.54) is 30.9 Å². The number of benzene rings is 1. The Balaban J connectivity index is 1.99. The number of nitrogens with zero attached hydrogens (tertiary/aromatic N) is 1. The summed E-state index contributed by atoms with van der Waals surface area (Å²) in [7, 11) is 0. The van der Waals surface area contributed by atoms with E-state index in [0.29, 0.717) is 13.2 Å². The topological polar surface area (TPSA) is 46.6 Å². The van der Waals surface area contributed by atoms with Gasteiger partial charge in [-0.1, -0.05) is 57.0 Å². The zero-order chi connectivity index (χ0) is 19.8. The number of ether oxygens (including phenoxy) is 1. The lowest BCUT2D eigenvalue weighted by Crippen LogP contribution is -2.34. The average molecular weight is 372 g/mol. The standard InChI is InChI=1S/C23H33NO3/c1-5-6-7-10-17(2)15-18(3)23(26)24-16-20(13-14-27-19(4)25)21-11-8-9-12-22(21)24/h8-9,11-12,18,20H,2,5-7,10,13-16H2,1,3-4H3/t18-,20+/m0/s1. The fraction of sp³-hybridized carbons (Fsp3) is 0.565. The van der Waals surface area contributed by atoms with E-state index >= 15 is 0 Å². The molecule has 0 aliphatic carbocycles. The van der Waals surface area contributed by atoms with E-state index in [-0.39, 0.29) is 23.7 Å². The van der Waals surface area contributed by atoms with Gasteiger partial charge < -0.3 is 9.64 Å². The molecule has 4 nitrogen and oxygen atoms in total. The minimum Gasteiger partial charge on any atom is -0.466 e. The number of rotatable bonds is 10. The van der Waals surface area contributed by atoms with Gasteiger partial charge >= 0.3 is 5.97 Å². The summed E-state index contributed by atoms with van der Waals surface area (Å²) < 4.78 is 5.11. The maximum absolute atomic E-state index is 13.1. The van der Waals surface area contributed by atoms with Crippen LogP contribution in [0.3, 0.4) is 0 Å². The monoisotopic (exact) mass is 371 g/mol. The van der Waals surface area contributed by atoms with Crippen LogP contribution in [0, 0.1) is 5.92 Å². The van der Waals surface area contributed by atoms with Crippen molar-refractivity contribution in [1.29, 1.82) is 0 Å². The molecule has 1 amide bonds. The lowest BCUT2D eigenvalue weighted by atomic mass is 9.97. The third kappa shape index (κ3) is 5.95. The molecule has 0 spiro atoms. The van der Waals surface area contributed by atoms with Crippen LogP contribution in [0.2, 0.25) is 0 Å². The third-order valence-corrected chi connectivity index (χ3v) is 5.26. The predicted molar refractivity (Wildman–Crippen MR) is 110 cm³/mol. The zero-order valence-electron chi connectivity index (χ0n) is 17.0. The van der Waals surface area contributed by atoms with Crippen LogP contribution < -0.4 is 4.90 Å². The summed E-state index contributed by atoms with van der Waals surface area (Å²) >= 11 is 0. The Morgan fingerprint density at radius 1 is 1.30 bits per heavy atom. The van der Waals surface area contributed by atoms with Gasteiger partial charge in [0.15, 0.2) is 0 Å². The first kappa shape index (κ1) is 21.2. The number of esters is 1. The summed E-state index contributed by atoms with van der Waals surface area (Å²) in [6.45, 7) is 10.8. The van der Waals surface area contributed by atoms with Gasteiger partial charge in [0.2, 0.25) is 5.91 Å². The van der Waals surface area contributed by atoms with Crippen molar-refractivity contribution in [1.82, 2.24) is 0 Å². The van der Waals surface area contributed by atoms with Crippen molar-refractivity contribution >= 4 is 17.6 Å². The van der Waals surface area contributed by atoms with E-state index in [2.05, 4.69) is 19.6 Å². The van der Waals surface area contributed by atoms with Crippen molar-refractivity contribution in [2.24, 2.45) is 5.92 Å². The van der Waals surface area contributed by atoms with Gasteiger partial charge in [-0.05, 0) is 37.3 Å². The highest BCUT2D eigenvalue weighted by Gasteiger charge is 2.33. The molecule has 0 saturated heterocycles. The van der Waals surface area contributed by atoms with Crippen molar-refractivity contribution in [2.75, 3.05) is 18.1 Å². The van der Waals surface area contributed by atoms with Gasteiger partial charge in [0.05, 0.1) is 6.61 Å². The maximum Gasteiger partial charge on any atom is 0.302 e. The number of amides is 1. The Morgan fingerprint density at radius 2 is 2.04 bits per heavy atom. The van der Waals surface area contributed by atoms with E-state index in [9.17, 15) is 9.59 Å². The van der Waals surface area contributed by atoms with Gasteiger partial charge in [0, 0.05) is 31.0 Å². The fourth-order valence-corrected chi connectivity index (χ4v) is 3.81. The Morgan fingerprint density at radius 3 is 2.74 bits per heavy atom. The predicted octanol–water partition coefficient (Wildman–Crippen LogP) is 5.23. The Hall–Kier alpha value is -2.10. The second-order valence-electron chi connectivity index (χ2n) is 7.65. The van der Waals surface area contributed by atoms with Crippen LogP contribution >= 0.6 is 0 Å². The first-order valence-electron chi connectivity index (χ1n) is 10.1. The molecule has 0 saturated carbocycles.